The van der Waals surface area contributed by atoms with Crippen LogP contribution in [0.5, 0.6) is 0 Å². The highest BCUT2D eigenvalue weighted by Crippen LogP contribution is 2.31. The van der Waals surface area contributed by atoms with Gasteiger partial charge in [0.15, 0.2) is 0 Å². The molecule has 5 nitrogen and oxygen atoms in total. The van der Waals surface area contributed by atoms with E-state index >= 15 is 0 Å². The van der Waals surface area contributed by atoms with Gasteiger partial charge in [-0.25, -0.2) is 4.79 Å². The second-order valence-electron chi connectivity index (χ2n) is 6.43. The number of carboxylic acid groups (broad SMARTS) is 1. The van der Waals surface area contributed by atoms with E-state index in [0.29, 0.717) is 18.4 Å². The van der Waals surface area contributed by atoms with Crippen LogP contribution in [0, 0.1) is 0 Å². The van der Waals surface area contributed by atoms with Crippen LogP contribution in [0.15, 0.2) is 47.1 Å². The molecule has 2 heterocycles. The lowest BCUT2D eigenvalue weighted by Gasteiger charge is -2.29. The quantitative estimate of drug-likeness (QED) is 0.890. The molecule has 5 heteroatoms. The number of aryl methyl sites for hydroxylation is 1. The predicted octanol–water partition coefficient (Wildman–Crippen LogP) is 4.05. The lowest BCUT2D eigenvalue weighted by atomic mass is 10.0. The Morgan fingerprint density at radius 2 is 1.96 bits per heavy atom. The van der Waals surface area contributed by atoms with E-state index in [0.717, 1.165) is 38.0 Å². The summed E-state index contributed by atoms with van der Waals surface area (Å²) in [5.74, 6) is -0.0593. The van der Waals surface area contributed by atoms with Crippen LogP contribution in [0.2, 0.25) is 0 Å². The summed E-state index contributed by atoms with van der Waals surface area (Å²) in [6, 6.07) is 10.6. The van der Waals surface area contributed by atoms with E-state index in [4.69, 9.17) is 4.42 Å². The van der Waals surface area contributed by atoms with Crippen LogP contribution in [-0.2, 0) is 11.2 Å². The third-order valence-corrected chi connectivity index (χ3v) is 4.80. The van der Waals surface area contributed by atoms with E-state index in [-0.39, 0.29) is 17.5 Å². The molecule has 1 N–H and O–H groups in total. The van der Waals surface area contributed by atoms with E-state index in [1.54, 1.807) is 24.5 Å². The zero-order chi connectivity index (χ0) is 17.6. The van der Waals surface area contributed by atoms with Crippen molar-refractivity contribution in [1.29, 1.82) is 0 Å². The van der Waals surface area contributed by atoms with Crippen molar-refractivity contribution in [1.82, 2.24) is 4.90 Å². The molecule has 2 aromatic rings. The Morgan fingerprint density at radius 1 is 1.12 bits per heavy atom. The average Bonchev–Trinajstić information content (AvgIpc) is 3.04. The fraction of sp³-hybridized carbons (Fsp3) is 0.400. The van der Waals surface area contributed by atoms with Crippen molar-refractivity contribution in [3.63, 3.8) is 0 Å². The molecule has 0 spiro atoms. The highest BCUT2D eigenvalue weighted by molar-refractivity contribution is 5.89. The molecular formula is C20H23NO4. The van der Waals surface area contributed by atoms with Crippen molar-refractivity contribution in [2.45, 2.75) is 44.6 Å². The monoisotopic (exact) mass is 341 g/mol. The van der Waals surface area contributed by atoms with Gasteiger partial charge in [0.05, 0.1) is 17.9 Å². The topological polar surface area (TPSA) is 70.8 Å². The van der Waals surface area contributed by atoms with Gasteiger partial charge in [-0.15, -0.1) is 0 Å². The summed E-state index contributed by atoms with van der Waals surface area (Å²) in [6.45, 7) is 0.727. The minimum Gasteiger partial charge on any atom is -0.478 e. The number of hydrogen-bond donors (Lipinski definition) is 1. The summed E-state index contributed by atoms with van der Waals surface area (Å²) < 4.78 is 5.55. The van der Waals surface area contributed by atoms with Crippen LogP contribution >= 0.6 is 0 Å². The Balaban J connectivity index is 1.72. The molecule has 132 valence electrons. The Bertz CT molecular complexity index is 723. The Morgan fingerprint density at radius 3 is 2.72 bits per heavy atom. The van der Waals surface area contributed by atoms with Gasteiger partial charge in [0.25, 0.3) is 0 Å². The summed E-state index contributed by atoms with van der Waals surface area (Å²) in [4.78, 5) is 26.1. The first-order valence-electron chi connectivity index (χ1n) is 8.81. The number of rotatable bonds is 5. The molecule has 1 saturated heterocycles. The molecule has 25 heavy (non-hydrogen) atoms. The molecule has 1 amide bonds. The molecular weight excluding hydrogens is 318 g/mol. The molecule has 1 aromatic carbocycles. The third-order valence-electron chi connectivity index (χ3n) is 4.80. The van der Waals surface area contributed by atoms with Gasteiger partial charge in [-0.1, -0.05) is 31.0 Å². The molecule has 1 aliphatic heterocycles. The van der Waals surface area contributed by atoms with Crippen LogP contribution in [0.1, 0.15) is 59.8 Å². The van der Waals surface area contributed by atoms with Crippen LogP contribution < -0.4 is 0 Å². The maximum Gasteiger partial charge on any atom is 0.335 e. The first-order valence-corrected chi connectivity index (χ1v) is 8.81. The van der Waals surface area contributed by atoms with Crippen molar-refractivity contribution >= 4 is 11.9 Å². The first kappa shape index (κ1) is 17.3. The maximum absolute atomic E-state index is 12.8. The molecule has 1 unspecified atom stereocenters. The third kappa shape index (κ3) is 4.10. The number of hydrogen-bond acceptors (Lipinski definition) is 3. The van der Waals surface area contributed by atoms with Crippen LogP contribution in [0.4, 0.5) is 0 Å². The zero-order valence-corrected chi connectivity index (χ0v) is 14.2. The van der Waals surface area contributed by atoms with Gasteiger partial charge in [0.1, 0.15) is 5.76 Å². The zero-order valence-electron chi connectivity index (χ0n) is 14.2. The van der Waals surface area contributed by atoms with Crippen molar-refractivity contribution in [3.8, 4) is 0 Å². The molecule has 1 aliphatic rings. The number of amides is 1. The van der Waals surface area contributed by atoms with Crippen LogP contribution in [0.25, 0.3) is 0 Å². The Kier molecular flexibility index (Phi) is 5.53. The molecule has 1 fully saturated rings. The normalized spacial score (nSPS) is 17.9. The van der Waals surface area contributed by atoms with Crippen LogP contribution in [0.3, 0.4) is 0 Å². The lowest BCUT2D eigenvalue weighted by Crippen LogP contribution is -2.34. The van der Waals surface area contributed by atoms with E-state index < -0.39 is 5.97 Å². The smallest absolute Gasteiger partial charge is 0.335 e. The SMILES string of the molecule is O=C(O)c1ccccc1CCC(=O)N1CCCCCC1c1ccco1. The molecule has 1 aromatic heterocycles. The fourth-order valence-corrected chi connectivity index (χ4v) is 3.52. The van der Waals surface area contributed by atoms with E-state index in [1.165, 1.54) is 0 Å². The molecule has 1 atom stereocenters. The predicted molar refractivity (Wildman–Crippen MR) is 93.4 cm³/mol. The number of nitrogens with zero attached hydrogens (tertiary/aromatic N) is 1. The minimum absolute atomic E-state index is 0.0142. The standard InChI is InChI=1S/C20H23NO4/c22-19(12-11-15-7-3-4-8-16(15)20(23)24)21-13-5-1-2-9-17(21)18-10-6-14-25-18/h3-4,6-8,10,14,17H,1-2,5,9,11-13H2,(H,23,24). The fourth-order valence-electron chi connectivity index (χ4n) is 3.52. The Hall–Kier alpha value is -2.56. The number of likely N-dealkylation sites (tertiary alicyclic amines) is 1. The van der Waals surface area contributed by atoms with Gasteiger partial charge in [-0.05, 0) is 43.0 Å². The van der Waals surface area contributed by atoms with E-state index in [1.807, 2.05) is 23.1 Å². The van der Waals surface area contributed by atoms with Gasteiger partial charge in [-0.2, -0.15) is 0 Å². The number of aromatic carboxylic acids is 1. The van der Waals surface area contributed by atoms with Gasteiger partial charge in [0.2, 0.25) is 5.91 Å². The van der Waals surface area contributed by atoms with Crippen molar-refractivity contribution < 1.29 is 19.1 Å². The largest absolute Gasteiger partial charge is 0.478 e. The molecule has 0 saturated carbocycles. The molecule has 0 radical (unpaired) electrons. The van der Waals surface area contributed by atoms with Crippen molar-refractivity contribution in [3.05, 3.63) is 59.5 Å². The van der Waals surface area contributed by atoms with Gasteiger partial charge in [-0.3, -0.25) is 4.79 Å². The Labute approximate surface area is 147 Å². The summed E-state index contributed by atoms with van der Waals surface area (Å²) in [5.41, 5.74) is 0.974. The van der Waals surface area contributed by atoms with Crippen molar-refractivity contribution in [2.75, 3.05) is 6.54 Å². The van der Waals surface area contributed by atoms with Crippen molar-refractivity contribution in [2.24, 2.45) is 0 Å². The maximum atomic E-state index is 12.8. The van der Waals surface area contributed by atoms with Gasteiger partial charge < -0.3 is 14.4 Å². The second-order valence-corrected chi connectivity index (χ2v) is 6.43. The van der Waals surface area contributed by atoms with Crippen LogP contribution in [-0.4, -0.2) is 28.4 Å². The summed E-state index contributed by atoms with van der Waals surface area (Å²) in [6.07, 6.45) is 6.48. The molecule has 0 bridgehead atoms. The summed E-state index contributed by atoms with van der Waals surface area (Å²) in [5, 5.41) is 9.28. The highest BCUT2D eigenvalue weighted by atomic mass is 16.4. The molecule has 3 rings (SSSR count). The summed E-state index contributed by atoms with van der Waals surface area (Å²) >= 11 is 0. The number of benzene rings is 1. The number of carbonyl (C=O) groups is 2. The minimum atomic E-state index is -0.953. The highest BCUT2D eigenvalue weighted by Gasteiger charge is 2.28. The van der Waals surface area contributed by atoms with Gasteiger partial charge in [0, 0.05) is 13.0 Å². The first-order chi connectivity index (χ1) is 12.2. The lowest BCUT2D eigenvalue weighted by molar-refractivity contribution is -0.134. The second kappa shape index (κ2) is 8.01. The number of carboxylic acids is 1. The van der Waals surface area contributed by atoms with E-state index in [9.17, 15) is 14.7 Å². The van der Waals surface area contributed by atoms with Gasteiger partial charge >= 0.3 is 5.97 Å². The number of furan rings is 1. The molecule has 0 aliphatic carbocycles. The number of carbonyl (C=O) groups excluding carboxylic acids is 1. The average molecular weight is 341 g/mol. The van der Waals surface area contributed by atoms with E-state index in [2.05, 4.69) is 0 Å². The summed E-state index contributed by atoms with van der Waals surface area (Å²) in [7, 11) is 0.